The maximum Gasteiger partial charge on any atom is 0.303 e. The van der Waals surface area contributed by atoms with Crippen LogP contribution in [0.3, 0.4) is 0 Å². The van der Waals surface area contributed by atoms with Crippen molar-refractivity contribution in [1.29, 1.82) is 0 Å². The molecule has 8 rings (SSSR count). The van der Waals surface area contributed by atoms with E-state index in [1.807, 2.05) is 29.3 Å². The molecular weight excluding hydrogens is 678 g/mol. The molecule has 13 heteroatoms. The van der Waals surface area contributed by atoms with Gasteiger partial charge in [-0.2, -0.15) is 8.78 Å². The number of nitrogens with zero attached hydrogens (tertiary/aromatic N) is 4. The highest BCUT2D eigenvalue weighted by Gasteiger charge is 2.47. The summed E-state index contributed by atoms with van der Waals surface area (Å²) in [5.74, 6) is -5.26. The van der Waals surface area contributed by atoms with Gasteiger partial charge in [-0.1, -0.05) is 0 Å². The predicted octanol–water partition coefficient (Wildman–Crippen LogP) is 7.83. The largest absolute Gasteiger partial charge is 0.490 e. The molecule has 52 heavy (non-hydrogen) atoms. The van der Waals surface area contributed by atoms with Gasteiger partial charge in [0, 0.05) is 61.4 Å². The van der Waals surface area contributed by atoms with Crippen molar-refractivity contribution in [2.24, 2.45) is 23.7 Å². The molecule has 1 saturated heterocycles. The second-order valence-electron chi connectivity index (χ2n) is 16.5. The molecule has 2 atom stereocenters. The van der Waals surface area contributed by atoms with E-state index in [1.165, 1.54) is 6.20 Å². The first-order valence-corrected chi connectivity index (χ1v) is 19.0. The fourth-order valence-corrected chi connectivity index (χ4v) is 9.72. The van der Waals surface area contributed by atoms with Gasteiger partial charge in [0.05, 0.1) is 30.3 Å². The minimum absolute atomic E-state index is 0.00964. The molecule has 3 heterocycles. The summed E-state index contributed by atoms with van der Waals surface area (Å²) >= 11 is 0. The molecule has 280 valence electrons. The molecule has 2 aromatic heterocycles. The third-order valence-corrected chi connectivity index (χ3v) is 12.1. The number of nitrogens with one attached hydrogen (secondary N) is 1. The number of benzene rings is 1. The summed E-state index contributed by atoms with van der Waals surface area (Å²) in [6.45, 7) is 0.802. The molecule has 1 aromatic carbocycles. The molecule has 4 saturated carbocycles. The number of hydrogen-bond acceptors (Lipinski definition) is 6. The number of ether oxygens (including phenoxy) is 1. The van der Waals surface area contributed by atoms with Gasteiger partial charge in [0.2, 0.25) is 0 Å². The van der Waals surface area contributed by atoms with Crippen molar-refractivity contribution in [3.05, 3.63) is 41.9 Å². The van der Waals surface area contributed by atoms with E-state index in [4.69, 9.17) is 4.74 Å². The first-order valence-electron chi connectivity index (χ1n) is 19.0. The summed E-state index contributed by atoms with van der Waals surface area (Å²) in [4.78, 5) is 35.3. The van der Waals surface area contributed by atoms with Crippen LogP contribution in [-0.4, -0.2) is 74.1 Å². The zero-order valence-electron chi connectivity index (χ0n) is 29.5. The predicted molar refractivity (Wildman–Crippen MR) is 186 cm³/mol. The number of aliphatic carboxylic acids is 1. The van der Waals surface area contributed by atoms with Crippen LogP contribution in [0.2, 0.25) is 0 Å². The molecule has 2 unspecified atom stereocenters. The second-order valence-corrected chi connectivity index (χ2v) is 16.5. The maximum absolute atomic E-state index is 15.1. The Morgan fingerprint density at radius 3 is 2.29 bits per heavy atom. The summed E-state index contributed by atoms with van der Waals surface area (Å²) in [5, 5.41) is 12.9. The molecule has 1 aliphatic heterocycles. The van der Waals surface area contributed by atoms with E-state index in [9.17, 15) is 23.5 Å². The van der Waals surface area contributed by atoms with Gasteiger partial charge in [0.15, 0.2) is 5.82 Å². The number of carbonyl (C=O) groups is 2. The molecule has 4 aliphatic carbocycles. The van der Waals surface area contributed by atoms with E-state index in [0.29, 0.717) is 29.7 Å². The van der Waals surface area contributed by atoms with Crippen LogP contribution in [0.1, 0.15) is 106 Å². The molecule has 3 aromatic rings. The van der Waals surface area contributed by atoms with Gasteiger partial charge in [-0.15, -0.1) is 0 Å². The van der Waals surface area contributed by atoms with Gasteiger partial charge < -0.3 is 19.7 Å². The van der Waals surface area contributed by atoms with Crippen molar-refractivity contribution < 1.29 is 37.0 Å². The minimum Gasteiger partial charge on any atom is -0.490 e. The molecule has 2 bridgehead atoms. The number of rotatable bonds is 11. The Balaban J connectivity index is 0.961. The average molecular weight is 726 g/mol. The number of carboxylic acid groups (broad SMARTS) is 1. The van der Waals surface area contributed by atoms with Gasteiger partial charge in [0.1, 0.15) is 11.4 Å². The Bertz CT molecular complexity index is 1810. The maximum atomic E-state index is 15.1. The van der Waals surface area contributed by atoms with Crippen molar-refractivity contribution in [2.45, 2.75) is 114 Å². The molecule has 1 amide bonds. The highest BCUT2D eigenvalue weighted by molar-refractivity contribution is 5.97. The van der Waals surface area contributed by atoms with E-state index >= 15 is 8.78 Å². The van der Waals surface area contributed by atoms with Crippen molar-refractivity contribution in [2.75, 3.05) is 19.6 Å². The standard InChI is InChI=1S/C39H47F4N5O4/c1-38(40,41)35-31(37(51)45-17-25-13-22-10-23(14-25)12-24(11-22)15-34(49)50)18-44-36(46-35)32-19-48(27-2-3-27)33-16-29(8-9-30(32)33)52-28-6-4-26(5-7-28)47-20-39(42,43)21-47/h8-9,16,18-19,22-28H,2-7,10-15,17,20-21H2,1H3,(H,45,51)(H,49,50). The molecule has 0 radical (unpaired) electrons. The number of aromatic nitrogens is 3. The van der Waals surface area contributed by atoms with Crippen LogP contribution in [0.25, 0.3) is 22.3 Å². The average Bonchev–Trinajstić information content (AvgIpc) is 3.85. The summed E-state index contributed by atoms with van der Waals surface area (Å²) in [7, 11) is 0. The zero-order valence-corrected chi connectivity index (χ0v) is 29.5. The Morgan fingerprint density at radius 1 is 0.981 bits per heavy atom. The Hall–Kier alpha value is -3.74. The number of halogens is 4. The minimum atomic E-state index is -3.39. The van der Waals surface area contributed by atoms with Crippen LogP contribution in [0.4, 0.5) is 17.6 Å². The van der Waals surface area contributed by atoms with Crippen molar-refractivity contribution in [1.82, 2.24) is 24.8 Å². The summed E-state index contributed by atoms with van der Waals surface area (Å²) in [6, 6.07) is 6.20. The number of likely N-dealkylation sites (tertiary alicyclic amines) is 1. The highest BCUT2D eigenvalue weighted by atomic mass is 19.3. The van der Waals surface area contributed by atoms with Crippen LogP contribution >= 0.6 is 0 Å². The van der Waals surface area contributed by atoms with Crippen LogP contribution in [0, 0.1) is 23.7 Å². The molecule has 0 spiro atoms. The van der Waals surface area contributed by atoms with E-state index in [1.54, 1.807) is 0 Å². The topological polar surface area (TPSA) is 110 Å². The first kappa shape index (κ1) is 35.3. The lowest BCUT2D eigenvalue weighted by Crippen LogP contribution is -2.60. The van der Waals surface area contributed by atoms with E-state index in [2.05, 4.69) is 19.9 Å². The monoisotopic (exact) mass is 725 g/mol. The number of carbonyl (C=O) groups excluding carboxylic acids is 1. The smallest absolute Gasteiger partial charge is 0.303 e. The summed E-state index contributed by atoms with van der Waals surface area (Å²) < 4.78 is 65.5. The van der Waals surface area contributed by atoms with Gasteiger partial charge in [-0.25, -0.2) is 18.7 Å². The summed E-state index contributed by atoms with van der Waals surface area (Å²) in [6.07, 6.45) is 13.2. The number of alkyl halides is 4. The Kier molecular flexibility index (Phi) is 9.23. The van der Waals surface area contributed by atoms with E-state index in [-0.39, 0.29) is 60.9 Å². The van der Waals surface area contributed by atoms with Gasteiger partial charge in [0.25, 0.3) is 17.8 Å². The van der Waals surface area contributed by atoms with Gasteiger partial charge >= 0.3 is 5.97 Å². The third kappa shape index (κ3) is 7.52. The SMILES string of the molecule is CC(F)(F)c1nc(-c2cn(C3CC3)c3cc(OC4CCC(N5CC(F)(F)C5)CC4)ccc23)ncc1C(=O)NCC1CC2CC(CC(=O)O)CC(C1)C2. The van der Waals surface area contributed by atoms with E-state index in [0.717, 1.165) is 88.5 Å². The Morgan fingerprint density at radius 2 is 1.65 bits per heavy atom. The lowest BCUT2D eigenvalue weighted by Gasteiger charge is -2.46. The molecule has 9 nitrogen and oxygen atoms in total. The third-order valence-electron chi connectivity index (χ3n) is 12.1. The van der Waals surface area contributed by atoms with Crippen LogP contribution < -0.4 is 10.1 Å². The van der Waals surface area contributed by atoms with Gasteiger partial charge in [-0.3, -0.25) is 14.5 Å². The Labute approximate surface area is 300 Å². The van der Waals surface area contributed by atoms with Crippen LogP contribution in [0.15, 0.2) is 30.6 Å². The second kappa shape index (κ2) is 13.6. The molecular formula is C39H47F4N5O4. The van der Waals surface area contributed by atoms with Crippen molar-refractivity contribution >= 4 is 22.8 Å². The fraction of sp³-hybridized carbons (Fsp3) is 0.641. The van der Waals surface area contributed by atoms with Crippen LogP contribution in [-0.2, 0) is 10.7 Å². The molecule has 2 N–H and O–H groups in total. The fourth-order valence-electron chi connectivity index (χ4n) is 9.72. The summed E-state index contributed by atoms with van der Waals surface area (Å²) in [5.41, 5.74) is 0.644. The normalized spacial score (nSPS) is 29.0. The van der Waals surface area contributed by atoms with Crippen molar-refractivity contribution in [3.63, 3.8) is 0 Å². The zero-order chi connectivity index (χ0) is 36.4. The van der Waals surface area contributed by atoms with Crippen molar-refractivity contribution in [3.8, 4) is 17.1 Å². The molecule has 5 aliphatic rings. The number of hydrogen-bond donors (Lipinski definition) is 2. The number of carboxylic acids is 1. The lowest BCUT2D eigenvalue weighted by atomic mass is 9.64. The van der Waals surface area contributed by atoms with Gasteiger partial charge in [-0.05, 0) is 106 Å². The number of fused-ring (bicyclic) bond motifs is 3. The quantitative estimate of drug-likeness (QED) is 0.194. The highest BCUT2D eigenvalue weighted by Crippen LogP contribution is 2.46. The van der Waals surface area contributed by atoms with E-state index < -0.39 is 29.4 Å². The first-order chi connectivity index (χ1) is 24.8. The lowest BCUT2D eigenvalue weighted by molar-refractivity contribution is -0.151. The van der Waals surface area contributed by atoms with Crippen LogP contribution in [0.5, 0.6) is 5.75 Å². The number of amides is 1. The molecule has 5 fully saturated rings.